The quantitative estimate of drug-likeness (QED) is 0.509. The third-order valence-electron chi connectivity index (χ3n) is 3.94. The number of nitrogens with zero attached hydrogens (tertiary/aromatic N) is 1. The molecule has 0 unspecified atom stereocenters. The summed E-state index contributed by atoms with van der Waals surface area (Å²) >= 11 is 0. The Morgan fingerprint density at radius 3 is 2.74 bits per heavy atom. The molecule has 0 atom stereocenters. The van der Waals surface area contributed by atoms with Gasteiger partial charge in [-0.05, 0) is 17.7 Å². The number of ether oxygens (including phenoxy) is 1. The standard InChI is InChI=1S/C20H16N4O3/c25-17(11-13-5-2-1-3-6-13)22-14-7-4-8-15(12-14)27-16-9-10-21-19-18(16)23-20(26)24-19/h1-10,12H,11H2,(H,22,25)(H2,21,23,24,26). The fourth-order valence-electron chi connectivity index (χ4n) is 2.75. The smallest absolute Gasteiger partial charge is 0.325 e. The van der Waals surface area contributed by atoms with E-state index < -0.39 is 0 Å². The fourth-order valence-corrected chi connectivity index (χ4v) is 2.75. The van der Waals surface area contributed by atoms with Crippen molar-refractivity contribution in [3.05, 3.63) is 82.9 Å². The van der Waals surface area contributed by atoms with Gasteiger partial charge in [-0.25, -0.2) is 9.78 Å². The van der Waals surface area contributed by atoms with Crippen LogP contribution in [0.25, 0.3) is 11.2 Å². The van der Waals surface area contributed by atoms with Gasteiger partial charge in [0.25, 0.3) is 0 Å². The summed E-state index contributed by atoms with van der Waals surface area (Å²) in [5, 5.41) is 2.86. The van der Waals surface area contributed by atoms with Crippen molar-refractivity contribution in [1.29, 1.82) is 0 Å². The summed E-state index contributed by atoms with van der Waals surface area (Å²) in [6, 6.07) is 18.3. The van der Waals surface area contributed by atoms with E-state index >= 15 is 0 Å². The molecule has 7 nitrogen and oxygen atoms in total. The molecule has 27 heavy (non-hydrogen) atoms. The fraction of sp³-hybridized carbons (Fsp3) is 0.0500. The van der Waals surface area contributed by atoms with Crippen LogP contribution in [-0.2, 0) is 11.2 Å². The Balaban J connectivity index is 1.50. The minimum absolute atomic E-state index is 0.111. The van der Waals surface area contributed by atoms with Crippen molar-refractivity contribution < 1.29 is 9.53 Å². The van der Waals surface area contributed by atoms with Gasteiger partial charge in [0.05, 0.1) is 6.42 Å². The number of imidazole rings is 1. The maximum absolute atomic E-state index is 12.2. The van der Waals surface area contributed by atoms with Crippen molar-refractivity contribution >= 4 is 22.8 Å². The van der Waals surface area contributed by atoms with Crippen molar-refractivity contribution in [3.8, 4) is 11.5 Å². The molecule has 0 aliphatic rings. The molecule has 2 heterocycles. The number of aromatic nitrogens is 3. The topological polar surface area (TPSA) is 99.9 Å². The van der Waals surface area contributed by atoms with Gasteiger partial charge in [-0.3, -0.25) is 9.78 Å². The van der Waals surface area contributed by atoms with Crippen LogP contribution in [0.3, 0.4) is 0 Å². The van der Waals surface area contributed by atoms with Gasteiger partial charge in [0.15, 0.2) is 11.4 Å². The van der Waals surface area contributed by atoms with E-state index in [0.29, 0.717) is 34.8 Å². The van der Waals surface area contributed by atoms with Gasteiger partial charge in [-0.1, -0.05) is 36.4 Å². The van der Waals surface area contributed by atoms with Crippen LogP contribution in [0, 0.1) is 0 Å². The molecule has 0 spiro atoms. The minimum atomic E-state index is -0.351. The van der Waals surface area contributed by atoms with Crippen LogP contribution in [0.4, 0.5) is 5.69 Å². The first-order chi connectivity index (χ1) is 13.2. The number of hydrogen-bond donors (Lipinski definition) is 3. The second-order valence-electron chi connectivity index (χ2n) is 5.95. The number of aromatic amines is 2. The lowest BCUT2D eigenvalue weighted by Crippen LogP contribution is -2.14. The molecule has 4 rings (SSSR count). The van der Waals surface area contributed by atoms with Crippen LogP contribution in [0.2, 0.25) is 0 Å². The summed E-state index contributed by atoms with van der Waals surface area (Å²) in [7, 11) is 0. The second kappa shape index (κ2) is 7.17. The molecule has 2 aromatic carbocycles. The Labute approximate surface area is 154 Å². The second-order valence-corrected chi connectivity index (χ2v) is 5.95. The van der Waals surface area contributed by atoms with E-state index in [4.69, 9.17) is 4.74 Å². The molecule has 0 aliphatic heterocycles. The van der Waals surface area contributed by atoms with Gasteiger partial charge < -0.3 is 15.0 Å². The van der Waals surface area contributed by atoms with Crippen molar-refractivity contribution in [2.24, 2.45) is 0 Å². The number of nitrogens with one attached hydrogen (secondary N) is 3. The van der Waals surface area contributed by atoms with Crippen molar-refractivity contribution in [2.45, 2.75) is 6.42 Å². The van der Waals surface area contributed by atoms with Crippen LogP contribution < -0.4 is 15.7 Å². The zero-order chi connectivity index (χ0) is 18.6. The molecule has 0 saturated heterocycles. The minimum Gasteiger partial charge on any atom is -0.455 e. The highest BCUT2D eigenvalue weighted by Gasteiger charge is 2.09. The van der Waals surface area contributed by atoms with Gasteiger partial charge in [0, 0.05) is 24.0 Å². The molecule has 4 aromatic rings. The number of carbonyl (C=O) groups excluding carboxylic acids is 1. The molecular formula is C20H16N4O3. The first kappa shape index (κ1) is 16.6. The molecule has 134 valence electrons. The zero-order valence-electron chi connectivity index (χ0n) is 14.2. The molecule has 7 heteroatoms. The zero-order valence-corrected chi connectivity index (χ0v) is 14.2. The highest BCUT2D eigenvalue weighted by atomic mass is 16.5. The van der Waals surface area contributed by atoms with E-state index in [1.165, 1.54) is 0 Å². The summed E-state index contributed by atoms with van der Waals surface area (Å²) in [6.45, 7) is 0. The average molecular weight is 360 g/mol. The molecular weight excluding hydrogens is 344 g/mol. The predicted octanol–water partition coefficient (Wildman–Crippen LogP) is 3.22. The first-order valence-corrected chi connectivity index (χ1v) is 8.36. The molecule has 0 aliphatic carbocycles. The van der Waals surface area contributed by atoms with Gasteiger partial charge in [0.2, 0.25) is 5.91 Å². The van der Waals surface area contributed by atoms with Gasteiger partial charge in [-0.2, -0.15) is 0 Å². The Bertz CT molecular complexity index is 1150. The number of pyridine rings is 1. The summed E-state index contributed by atoms with van der Waals surface area (Å²) in [4.78, 5) is 33.0. The first-order valence-electron chi connectivity index (χ1n) is 8.36. The van der Waals surface area contributed by atoms with Crippen LogP contribution in [-0.4, -0.2) is 20.9 Å². The third kappa shape index (κ3) is 3.87. The number of fused-ring (bicyclic) bond motifs is 1. The molecule has 0 fully saturated rings. The Kier molecular flexibility index (Phi) is 4.40. The SMILES string of the molecule is O=C(Cc1ccccc1)Nc1cccc(Oc2ccnc3[nH]c(=O)[nH]c23)c1. The maximum Gasteiger partial charge on any atom is 0.325 e. The van der Waals surface area contributed by atoms with Crippen LogP contribution in [0.5, 0.6) is 11.5 Å². The highest BCUT2D eigenvalue weighted by molar-refractivity contribution is 5.92. The number of amides is 1. The van der Waals surface area contributed by atoms with E-state index in [0.717, 1.165) is 5.56 Å². The average Bonchev–Trinajstić information content (AvgIpc) is 3.04. The number of hydrogen-bond acceptors (Lipinski definition) is 4. The monoisotopic (exact) mass is 360 g/mol. The van der Waals surface area contributed by atoms with Crippen molar-refractivity contribution in [3.63, 3.8) is 0 Å². The Morgan fingerprint density at radius 1 is 1.04 bits per heavy atom. The lowest BCUT2D eigenvalue weighted by atomic mass is 10.1. The predicted molar refractivity (Wildman–Crippen MR) is 102 cm³/mol. The third-order valence-corrected chi connectivity index (χ3v) is 3.94. The van der Waals surface area contributed by atoms with Gasteiger partial charge in [-0.15, -0.1) is 0 Å². The van der Waals surface area contributed by atoms with E-state index in [9.17, 15) is 9.59 Å². The highest BCUT2D eigenvalue weighted by Crippen LogP contribution is 2.27. The van der Waals surface area contributed by atoms with Crippen LogP contribution >= 0.6 is 0 Å². The van der Waals surface area contributed by atoms with Crippen LogP contribution in [0.1, 0.15) is 5.56 Å². The largest absolute Gasteiger partial charge is 0.455 e. The van der Waals surface area contributed by atoms with E-state index in [-0.39, 0.29) is 11.6 Å². The lowest BCUT2D eigenvalue weighted by Gasteiger charge is -2.09. The molecule has 0 saturated carbocycles. The maximum atomic E-state index is 12.2. The van der Waals surface area contributed by atoms with Gasteiger partial charge >= 0.3 is 5.69 Å². The number of H-pyrrole nitrogens is 2. The van der Waals surface area contributed by atoms with Gasteiger partial charge in [0.1, 0.15) is 11.3 Å². The molecule has 2 aromatic heterocycles. The number of carbonyl (C=O) groups is 1. The summed E-state index contributed by atoms with van der Waals surface area (Å²) in [5.74, 6) is 0.882. The molecule has 1 amide bonds. The number of benzene rings is 2. The summed E-state index contributed by atoms with van der Waals surface area (Å²) in [6.07, 6.45) is 1.84. The van der Waals surface area contributed by atoms with Crippen molar-refractivity contribution in [2.75, 3.05) is 5.32 Å². The van der Waals surface area contributed by atoms with E-state index in [2.05, 4.69) is 20.3 Å². The van der Waals surface area contributed by atoms with Crippen molar-refractivity contribution in [1.82, 2.24) is 15.0 Å². The number of rotatable bonds is 5. The Hall–Kier alpha value is -3.87. The molecule has 3 N–H and O–H groups in total. The van der Waals surface area contributed by atoms with E-state index in [1.54, 1.807) is 36.5 Å². The summed E-state index contributed by atoms with van der Waals surface area (Å²) < 4.78 is 5.86. The molecule has 0 bridgehead atoms. The number of anilines is 1. The lowest BCUT2D eigenvalue weighted by molar-refractivity contribution is -0.115. The Morgan fingerprint density at radius 2 is 1.89 bits per heavy atom. The van der Waals surface area contributed by atoms with Crippen LogP contribution in [0.15, 0.2) is 71.7 Å². The molecule has 0 radical (unpaired) electrons. The normalized spacial score (nSPS) is 10.7. The summed E-state index contributed by atoms with van der Waals surface area (Å²) in [5.41, 5.74) is 2.13. The van der Waals surface area contributed by atoms with E-state index in [1.807, 2.05) is 30.3 Å².